The number of aromatic nitrogens is 2. The van der Waals surface area contributed by atoms with E-state index in [0.717, 1.165) is 70.8 Å². The topological polar surface area (TPSA) is 70.6 Å². The molecular weight excluding hydrogens is 457 g/mol. The van der Waals surface area contributed by atoms with Crippen molar-refractivity contribution in [1.29, 1.82) is 0 Å². The van der Waals surface area contributed by atoms with E-state index in [1.807, 2.05) is 4.90 Å². The van der Waals surface area contributed by atoms with Crippen LogP contribution in [-0.4, -0.2) is 65.6 Å². The first-order valence-electron chi connectivity index (χ1n) is 12.2. The minimum atomic E-state index is -0.375. The number of rotatable bonds is 8. The summed E-state index contributed by atoms with van der Waals surface area (Å²) >= 11 is 5.87. The van der Waals surface area contributed by atoms with Crippen LogP contribution < -0.4 is 15.0 Å². The fraction of sp³-hybridized carbons (Fsp3) is 0.560. The summed E-state index contributed by atoms with van der Waals surface area (Å²) in [6, 6.07) is 4.84. The van der Waals surface area contributed by atoms with Gasteiger partial charge in [-0.2, -0.15) is 0 Å². The van der Waals surface area contributed by atoms with Gasteiger partial charge in [0.05, 0.1) is 36.0 Å². The molecule has 3 aliphatic rings. The SMILES string of the molecule is O=C(Cc1ccc(OCCCC2CCN(c3ncc(Cl)cn3)CC2)cc1F)N1CC2(CCN2)C1. The Kier molecular flexibility index (Phi) is 6.88. The first-order chi connectivity index (χ1) is 16.5. The molecule has 0 aliphatic carbocycles. The highest BCUT2D eigenvalue weighted by Gasteiger charge is 2.48. The highest BCUT2D eigenvalue weighted by molar-refractivity contribution is 6.30. The molecule has 1 aromatic heterocycles. The van der Waals surface area contributed by atoms with Crippen LogP contribution in [0.3, 0.4) is 0 Å². The lowest BCUT2D eigenvalue weighted by molar-refractivity contribution is -0.142. The number of carbonyl (C=O) groups is 1. The van der Waals surface area contributed by atoms with Crippen molar-refractivity contribution in [3.05, 3.63) is 47.0 Å². The van der Waals surface area contributed by atoms with E-state index in [2.05, 4.69) is 20.2 Å². The van der Waals surface area contributed by atoms with E-state index in [1.165, 1.54) is 6.07 Å². The first-order valence-corrected chi connectivity index (χ1v) is 12.5. The third kappa shape index (κ3) is 5.28. The number of benzene rings is 1. The maximum Gasteiger partial charge on any atom is 0.227 e. The summed E-state index contributed by atoms with van der Waals surface area (Å²) < 4.78 is 20.3. The summed E-state index contributed by atoms with van der Waals surface area (Å²) in [5, 5.41) is 3.93. The normalized spacial score (nSPS) is 19.6. The second-order valence-electron chi connectivity index (χ2n) is 9.76. The van der Waals surface area contributed by atoms with Crippen molar-refractivity contribution in [2.24, 2.45) is 5.92 Å². The van der Waals surface area contributed by atoms with E-state index in [1.54, 1.807) is 24.5 Å². The van der Waals surface area contributed by atoms with E-state index in [9.17, 15) is 9.18 Å². The molecular formula is C25H31ClFN5O2. The zero-order valence-corrected chi connectivity index (χ0v) is 20.1. The lowest BCUT2D eigenvalue weighted by Crippen LogP contribution is -2.76. The number of hydrogen-bond donors (Lipinski definition) is 1. The van der Waals surface area contributed by atoms with E-state index in [0.29, 0.717) is 28.9 Å². The van der Waals surface area contributed by atoms with Gasteiger partial charge >= 0.3 is 0 Å². The maximum atomic E-state index is 14.5. The van der Waals surface area contributed by atoms with Gasteiger partial charge in [-0.05, 0) is 56.2 Å². The molecule has 1 amide bonds. The molecule has 1 spiro atoms. The van der Waals surface area contributed by atoms with Gasteiger partial charge in [0.25, 0.3) is 0 Å². The molecule has 1 aromatic carbocycles. The van der Waals surface area contributed by atoms with Gasteiger partial charge in [0.15, 0.2) is 0 Å². The van der Waals surface area contributed by atoms with Crippen LogP contribution in [0.15, 0.2) is 30.6 Å². The Morgan fingerprint density at radius 2 is 1.97 bits per heavy atom. The Hall–Kier alpha value is -2.45. The van der Waals surface area contributed by atoms with Crippen molar-refractivity contribution in [2.45, 2.75) is 44.1 Å². The highest BCUT2D eigenvalue weighted by atomic mass is 35.5. The summed E-state index contributed by atoms with van der Waals surface area (Å²) in [6.07, 6.45) is 8.68. The third-order valence-electron chi connectivity index (χ3n) is 7.34. The summed E-state index contributed by atoms with van der Waals surface area (Å²) in [4.78, 5) is 25.0. The molecule has 0 unspecified atom stereocenters. The summed E-state index contributed by atoms with van der Waals surface area (Å²) in [6.45, 7) is 4.93. The van der Waals surface area contributed by atoms with Crippen LogP contribution in [0.25, 0.3) is 0 Å². The smallest absolute Gasteiger partial charge is 0.227 e. The Balaban J connectivity index is 1.000. The molecule has 3 aliphatic heterocycles. The largest absolute Gasteiger partial charge is 0.493 e. The molecule has 9 heteroatoms. The summed E-state index contributed by atoms with van der Waals surface area (Å²) in [5.74, 6) is 1.51. The molecule has 182 valence electrons. The van der Waals surface area contributed by atoms with Crippen LogP contribution in [-0.2, 0) is 11.2 Å². The van der Waals surface area contributed by atoms with Gasteiger partial charge in [0, 0.05) is 32.2 Å². The van der Waals surface area contributed by atoms with Crippen LogP contribution in [0.5, 0.6) is 5.75 Å². The first kappa shape index (κ1) is 23.3. The van der Waals surface area contributed by atoms with E-state index in [4.69, 9.17) is 16.3 Å². The molecule has 7 nitrogen and oxygen atoms in total. The number of likely N-dealkylation sites (tertiary alicyclic amines) is 1. The number of halogens is 2. The van der Waals surface area contributed by atoms with Crippen LogP contribution in [0.1, 0.15) is 37.7 Å². The van der Waals surface area contributed by atoms with Gasteiger partial charge in [-0.25, -0.2) is 14.4 Å². The fourth-order valence-corrected chi connectivity index (χ4v) is 5.20. The van der Waals surface area contributed by atoms with E-state index in [-0.39, 0.29) is 23.7 Å². The third-order valence-corrected chi connectivity index (χ3v) is 7.53. The Morgan fingerprint density at radius 1 is 1.24 bits per heavy atom. The maximum absolute atomic E-state index is 14.5. The minimum Gasteiger partial charge on any atom is -0.493 e. The average Bonchev–Trinajstić information content (AvgIpc) is 2.78. The van der Waals surface area contributed by atoms with E-state index >= 15 is 0 Å². The molecule has 0 bridgehead atoms. The molecule has 0 atom stereocenters. The number of nitrogens with one attached hydrogen (secondary N) is 1. The number of anilines is 1. The van der Waals surface area contributed by atoms with Gasteiger partial charge in [-0.1, -0.05) is 17.7 Å². The van der Waals surface area contributed by atoms with Gasteiger partial charge in [-0.3, -0.25) is 4.79 Å². The molecule has 1 N–H and O–H groups in total. The zero-order valence-electron chi connectivity index (χ0n) is 19.3. The number of hydrogen-bond acceptors (Lipinski definition) is 6. The standard InChI is InChI=1S/C25H31ClFN5O2/c26-20-14-28-24(29-15-20)31-9-5-18(6-10-31)2-1-11-34-21-4-3-19(22(27)13-21)12-23(33)32-16-25(17-32)7-8-30-25/h3-4,13-15,18,30H,1-2,5-12,16-17H2. The van der Waals surface area contributed by atoms with Crippen molar-refractivity contribution in [2.75, 3.05) is 44.2 Å². The number of amides is 1. The molecule has 4 heterocycles. The van der Waals surface area contributed by atoms with Crippen LogP contribution in [0.2, 0.25) is 5.02 Å². The Morgan fingerprint density at radius 3 is 2.62 bits per heavy atom. The number of carbonyl (C=O) groups excluding carboxylic acids is 1. The van der Waals surface area contributed by atoms with Crippen molar-refractivity contribution in [3.8, 4) is 5.75 Å². The van der Waals surface area contributed by atoms with Gasteiger partial charge in [-0.15, -0.1) is 0 Å². The Labute approximate surface area is 204 Å². The lowest BCUT2D eigenvalue weighted by atomic mass is 9.80. The quantitative estimate of drug-likeness (QED) is 0.575. The molecule has 0 saturated carbocycles. The molecule has 3 fully saturated rings. The number of piperidine rings is 1. The Bertz CT molecular complexity index is 1000. The predicted octanol–water partition coefficient (Wildman–Crippen LogP) is 3.46. The van der Waals surface area contributed by atoms with Gasteiger partial charge < -0.3 is 19.9 Å². The number of nitrogens with zero attached hydrogens (tertiary/aromatic N) is 4. The molecule has 3 saturated heterocycles. The fourth-order valence-electron chi connectivity index (χ4n) is 5.10. The van der Waals surface area contributed by atoms with Crippen molar-refractivity contribution < 1.29 is 13.9 Å². The lowest BCUT2D eigenvalue weighted by Gasteiger charge is -2.56. The molecule has 5 rings (SSSR count). The zero-order chi connectivity index (χ0) is 23.5. The summed E-state index contributed by atoms with van der Waals surface area (Å²) in [5.41, 5.74) is 0.574. The minimum absolute atomic E-state index is 0.0134. The van der Waals surface area contributed by atoms with Gasteiger partial charge in [0.1, 0.15) is 11.6 Å². The van der Waals surface area contributed by atoms with Crippen molar-refractivity contribution in [1.82, 2.24) is 20.2 Å². The average molecular weight is 488 g/mol. The monoisotopic (exact) mass is 487 g/mol. The second-order valence-corrected chi connectivity index (χ2v) is 10.2. The van der Waals surface area contributed by atoms with Crippen LogP contribution in [0.4, 0.5) is 10.3 Å². The highest BCUT2D eigenvalue weighted by Crippen LogP contribution is 2.31. The van der Waals surface area contributed by atoms with Gasteiger partial charge in [0.2, 0.25) is 11.9 Å². The summed E-state index contributed by atoms with van der Waals surface area (Å²) in [7, 11) is 0. The van der Waals surface area contributed by atoms with Crippen LogP contribution in [0, 0.1) is 11.7 Å². The molecule has 0 radical (unpaired) electrons. The molecule has 34 heavy (non-hydrogen) atoms. The van der Waals surface area contributed by atoms with Crippen molar-refractivity contribution >= 4 is 23.5 Å². The van der Waals surface area contributed by atoms with Crippen LogP contribution >= 0.6 is 11.6 Å². The number of ether oxygens (including phenoxy) is 1. The molecule has 2 aromatic rings. The predicted molar refractivity (Wildman–Crippen MR) is 129 cm³/mol. The van der Waals surface area contributed by atoms with Crippen molar-refractivity contribution in [3.63, 3.8) is 0 Å². The van der Waals surface area contributed by atoms with E-state index < -0.39 is 0 Å². The second kappa shape index (κ2) is 10.0.